The predicted octanol–water partition coefficient (Wildman–Crippen LogP) is 2.02. The molecule has 7 heteroatoms. The molecule has 4 N–H and O–H groups in total. The summed E-state index contributed by atoms with van der Waals surface area (Å²) < 4.78 is 0. The highest BCUT2D eigenvalue weighted by molar-refractivity contribution is 5.94. The fraction of sp³-hybridized carbons (Fsp3) is 0.133. The Labute approximate surface area is 127 Å². The summed E-state index contributed by atoms with van der Waals surface area (Å²) in [6.45, 7) is 0.839. The number of nitro benzene ring substituents is 1. The van der Waals surface area contributed by atoms with Crippen molar-refractivity contribution in [2.75, 3.05) is 24.1 Å². The number of nitrogens with one attached hydrogen (secondary N) is 2. The summed E-state index contributed by atoms with van der Waals surface area (Å²) in [5.74, 6) is -0.161. The van der Waals surface area contributed by atoms with Crippen molar-refractivity contribution >= 4 is 23.0 Å². The van der Waals surface area contributed by atoms with Crippen molar-refractivity contribution in [1.29, 1.82) is 0 Å². The molecule has 0 fully saturated rings. The van der Waals surface area contributed by atoms with Crippen LogP contribution in [0.2, 0.25) is 0 Å². The lowest BCUT2D eigenvalue weighted by Crippen LogP contribution is -2.28. The summed E-state index contributed by atoms with van der Waals surface area (Å²) in [5.41, 5.74) is 6.67. The predicted molar refractivity (Wildman–Crippen MR) is 84.8 cm³/mol. The van der Waals surface area contributed by atoms with Crippen LogP contribution in [-0.2, 0) is 0 Å². The van der Waals surface area contributed by atoms with Crippen LogP contribution >= 0.6 is 0 Å². The molecule has 0 heterocycles. The second-order valence-corrected chi connectivity index (χ2v) is 4.58. The number of amides is 1. The van der Waals surface area contributed by atoms with Gasteiger partial charge < -0.3 is 16.4 Å². The van der Waals surface area contributed by atoms with Crippen LogP contribution in [-0.4, -0.2) is 23.9 Å². The first-order valence-electron chi connectivity index (χ1n) is 6.69. The van der Waals surface area contributed by atoms with Gasteiger partial charge in [0, 0.05) is 30.4 Å². The Bertz CT molecular complexity index is 674. The minimum absolute atomic E-state index is 0.118. The number of benzene rings is 2. The number of hydrogen-bond acceptors (Lipinski definition) is 5. The second-order valence-electron chi connectivity index (χ2n) is 4.58. The normalized spacial score (nSPS) is 10.0. The maximum absolute atomic E-state index is 11.8. The van der Waals surface area contributed by atoms with Crippen LogP contribution in [0.3, 0.4) is 0 Å². The first-order valence-corrected chi connectivity index (χ1v) is 6.69. The van der Waals surface area contributed by atoms with Crippen LogP contribution in [0.15, 0.2) is 48.5 Å². The van der Waals surface area contributed by atoms with Crippen LogP contribution in [0.5, 0.6) is 0 Å². The molecule has 0 aromatic heterocycles. The van der Waals surface area contributed by atoms with Crippen molar-refractivity contribution in [1.82, 2.24) is 5.32 Å². The third-order valence-electron chi connectivity index (χ3n) is 3.00. The topological polar surface area (TPSA) is 110 Å². The highest BCUT2D eigenvalue weighted by Gasteiger charge is 2.11. The number of carbonyl (C=O) groups excluding carboxylic acids is 1. The third-order valence-corrected chi connectivity index (χ3v) is 3.00. The highest BCUT2D eigenvalue weighted by Crippen LogP contribution is 2.24. The van der Waals surface area contributed by atoms with E-state index in [2.05, 4.69) is 10.6 Å². The molecule has 2 rings (SSSR count). The molecule has 0 unspecified atom stereocenters. The van der Waals surface area contributed by atoms with Gasteiger partial charge in [0.05, 0.1) is 4.92 Å². The molecule has 0 saturated carbocycles. The molecule has 0 aliphatic carbocycles. The maximum Gasteiger partial charge on any atom is 0.294 e. The fourth-order valence-electron chi connectivity index (χ4n) is 1.89. The molecule has 2 aromatic rings. The number of nitrogens with two attached hydrogens (primary N) is 1. The maximum atomic E-state index is 11.8. The van der Waals surface area contributed by atoms with Crippen LogP contribution in [0.1, 0.15) is 10.4 Å². The van der Waals surface area contributed by atoms with Gasteiger partial charge in [-0.25, -0.2) is 0 Å². The quantitative estimate of drug-likeness (QED) is 0.327. The second kappa shape index (κ2) is 7.07. The SMILES string of the molecule is Nc1ccc(NCCNC(=O)c2ccccc2)cc1[N+](=O)[O-]. The zero-order valence-electron chi connectivity index (χ0n) is 11.8. The Morgan fingerprint density at radius 3 is 2.55 bits per heavy atom. The summed E-state index contributed by atoms with van der Waals surface area (Å²) in [6.07, 6.45) is 0. The van der Waals surface area contributed by atoms with E-state index in [0.717, 1.165) is 0 Å². The van der Waals surface area contributed by atoms with E-state index in [0.29, 0.717) is 24.3 Å². The largest absolute Gasteiger partial charge is 0.393 e. The molecule has 0 aliphatic heterocycles. The van der Waals surface area contributed by atoms with Crippen LogP contribution in [0.25, 0.3) is 0 Å². The lowest BCUT2D eigenvalue weighted by molar-refractivity contribution is -0.383. The molecule has 7 nitrogen and oxygen atoms in total. The van der Waals surface area contributed by atoms with Crippen molar-refractivity contribution in [3.8, 4) is 0 Å². The van der Waals surface area contributed by atoms with Crippen molar-refractivity contribution in [2.24, 2.45) is 0 Å². The van der Waals surface area contributed by atoms with Gasteiger partial charge in [-0.15, -0.1) is 0 Å². The molecule has 114 valence electrons. The molecule has 2 aromatic carbocycles. The van der Waals surface area contributed by atoms with Gasteiger partial charge in [0.1, 0.15) is 5.69 Å². The summed E-state index contributed by atoms with van der Waals surface area (Å²) in [7, 11) is 0. The average molecular weight is 300 g/mol. The van der Waals surface area contributed by atoms with Crippen LogP contribution in [0.4, 0.5) is 17.1 Å². The molecule has 22 heavy (non-hydrogen) atoms. The van der Waals surface area contributed by atoms with Gasteiger partial charge in [-0.05, 0) is 24.3 Å². The Kier molecular flexibility index (Phi) is 4.92. The lowest BCUT2D eigenvalue weighted by Gasteiger charge is -2.08. The van der Waals surface area contributed by atoms with Gasteiger partial charge in [-0.3, -0.25) is 14.9 Å². The van der Waals surface area contributed by atoms with Gasteiger partial charge in [-0.2, -0.15) is 0 Å². The zero-order chi connectivity index (χ0) is 15.9. The van der Waals surface area contributed by atoms with E-state index in [1.807, 2.05) is 6.07 Å². The Morgan fingerprint density at radius 2 is 1.86 bits per heavy atom. The van der Waals surface area contributed by atoms with E-state index < -0.39 is 4.92 Å². The molecule has 0 saturated heterocycles. The first-order chi connectivity index (χ1) is 10.6. The molecule has 0 radical (unpaired) electrons. The van der Waals surface area contributed by atoms with Gasteiger partial charge >= 0.3 is 0 Å². The summed E-state index contributed by atoms with van der Waals surface area (Å²) >= 11 is 0. The van der Waals surface area contributed by atoms with E-state index in [-0.39, 0.29) is 17.3 Å². The standard InChI is InChI=1S/C15H16N4O3/c16-13-7-6-12(10-14(13)19(21)22)17-8-9-18-15(20)11-4-2-1-3-5-11/h1-7,10,17H,8-9,16H2,(H,18,20). The molecular weight excluding hydrogens is 284 g/mol. The molecule has 0 aliphatic rings. The minimum Gasteiger partial charge on any atom is -0.393 e. The van der Waals surface area contributed by atoms with E-state index >= 15 is 0 Å². The number of rotatable bonds is 6. The molecule has 1 amide bonds. The Hall–Kier alpha value is -3.09. The molecular formula is C15H16N4O3. The molecule has 0 bridgehead atoms. The van der Waals surface area contributed by atoms with Crippen molar-refractivity contribution < 1.29 is 9.72 Å². The zero-order valence-corrected chi connectivity index (χ0v) is 11.8. The van der Waals surface area contributed by atoms with E-state index in [1.165, 1.54) is 12.1 Å². The third kappa shape index (κ3) is 3.95. The smallest absolute Gasteiger partial charge is 0.294 e. The van der Waals surface area contributed by atoms with Crippen molar-refractivity contribution in [3.05, 3.63) is 64.2 Å². The monoisotopic (exact) mass is 300 g/mol. The summed E-state index contributed by atoms with van der Waals surface area (Å²) in [6, 6.07) is 13.4. The highest BCUT2D eigenvalue weighted by atomic mass is 16.6. The van der Waals surface area contributed by atoms with Gasteiger partial charge in [0.2, 0.25) is 0 Å². The van der Waals surface area contributed by atoms with Gasteiger partial charge in [0.15, 0.2) is 0 Å². The Morgan fingerprint density at radius 1 is 1.14 bits per heavy atom. The van der Waals surface area contributed by atoms with E-state index in [1.54, 1.807) is 30.3 Å². The van der Waals surface area contributed by atoms with Crippen molar-refractivity contribution in [2.45, 2.75) is 0 Å². The van der Waals surface area contributed by atoms with Gasteiger partial charge in [-0.1, -0.05) is 18.2 Å². The average Bonchev–Trinajstić information content (AvgIpc) is 2.53. The number of anilines is 2. The number of nitrogen functional groups attached to an aromatic ring is 1. The van der Waals surface area contributed by atoms with Gasteiger partial charge in [0.25, 0.3) is 11.6 Å². The van der Waals surface area contributed by atoms with E-state index in [4.69, 9.17) is 5.73 Å². The number of nitrogens with zero attached hydrogens (tertiary/aromatic N) is 1. The number of nitro groups is 1. The Balaban J connectivity index is 1.83. The van der Waals surface area contributed by atoms with E-state index in [9.17, 15) is 14.9 Å². The number of hydrogen-bond donors (Lipinski definition) is 3. The van der Waals surface area contributed by atoms with Crippen LogP contribution < -0.4 is 16.4 Å². The number of carbonyl (C=O) groups is 1. The summed E-state index contributed by atoms with van der Waals surface area (Å²) in [5, 5.41) is 16.5. The van der Waals surface area contributed by atoms with Crippen molar-refractivity contribution in [3.63, 3.8) is 0 Å². The molecule has 0 atom stereocenters. The summed E-state index contributed by atoms with van der Waals surface area (Å²) in [4.78, 5) is 22.1. The first kappa shape index (κ1) is 15.3. The fourth-order valence-corrected chi connectivity index (χ4v) is 1.89. The molecule has 0 spiro atoms. The lowest BCUT2D eigenvalue weighted by atomic mass is 10.2. The van der Waals surface area contributed by atoms with Crippen LogP contribution in [0, 0.1) is 10.1 Å². The minimum atomic E-state index is -0.530.